The van der Waals surface area contributed by atoms with Crippen molar-refractivity contribution in [1.82, 2.24) is 10.2 Å². The Morgan fingerprint density at radius 2 is 2.23 bits per heavy atom. The molecule has 3 unspecified atom stereocenters. The molecule has 75 valence electrons. The predicted molar refractivity (Wildman–Crippen MR) is 48.2 cm³/mol. The van der Waals surface area contributed by atoms with Gasteiger partial charge in [-0.2, -0.15) is 0 Å². The van der Waals surface area contributed by atoms with E-state index in [1.165, 1.54) is 0 Å². The van der Waals surface area contributed by atoms with Crippen LogP contribution in [-0.2, 0) is 0 Å². The summed E-state index contributed by atoms with van der Waals surface area (Å²) in [6.07, 6.45) is 2.57. The summed E-state index contributed by atoms with van der Waals surface area (Å²) >= 11 is 0. The van der Waals surface area contributed by atoms with Crippen LogP contribution < -0.4 is 5.32 Å². The quantitative estimate of drug-likeness (QED) is 0.588. The van der Waals surface area contributed by atoms with Gasteiger partial charge in [0.15, 0.2) is 0 Å². The van der Waals surface area contributed by atoms with Crippen LogP contribution in [0, 0.1) is 0 Å². The molecule has 0 spiro atoms. The zero-order valence-corrected chi connectivity index (χ0v) is 7.76. The van der Waals surface area contributed by atoms with Crippen LogP contribution in [0.2, 0.25) is 0 Å². The smallest absolute Gasteiger partial charge is 0.103 e. The minimum Gasteiger partial charge on any atom is -0.395 e. The van der Waals surface area contributed by atoms with Gasteiger partial charge >= 0.3 is 0 Å². The van der Waals surface area contributed by atoms with E-state index in [1.54, 1.807) is 0 Å². The molecule has 0 bridgehead atoms. The van der Waals surface area contributed by atoms with Crippen LogP contribution in [0.4, 0.5) is 0 Å². The summed E-state index contributed by atoms with van der Waals surface area (Å²) in [5, 5.41) is 23.1. The van der Waals surface area contributed by atoms with E-state index in [9.17, 15) is 5.11 Å². The third-order valence-corrected chi connectivity index (χ3v) is 3.06. The highest BCUT2D eigenvalue weighted by Crippen LogP contribution is 2.23. The lowest BCUT2D eigenvalue weighted by molar-refractivity contribution is 0.0351. The molecule has 2 fully saturated rings. The van der Waals surface area contributed by atoms with Crippen molar-refractivity contribution < 1.29 is 10.2 Å². The van der Waals surface area contributed by atoms with Gasteiger partial charge in [-0.05, 0) is 19.3 Å². The molecule has 2 aliphatic rings. The number of aliphatic hydroxyl groups excluding tert-OH is 2. The van der Waals surface area contributed by atoms with Crippen molar-refractivity contribution in [3.05, 3.63) is 0 Å². The standard InChI is InChI=1S/C9H17N2O2/c12-6-7-2-1-5-11(7)9-8(13)3-4-10-9/h7-9,12-13H,1-6H2. The van der Waals surface area contributed by atoms with E-state index >= 15 is 0 Å². The van der Waals surface area contributed by atoms with Crippen molar-refractivity contribution >= 4 is 0 Å². The Labute approximate surface area is 78.5 Å². The lowest BCUT2D eigenvalue weighted by Crippen LogP contribution is -2.48. The third kappa shape index (κ3) is 1.72. The van der Waals surface area contributed by atoms with Crippen LogP contribution in [0.3, 0.4) is 0 Å². The summed E-state index contributed by atoms with van der Waals surface area (Å²) in [6.45, 7) is 1.93. The third-order valence-electron chi connectivity index (χ3n) is 3.06. The fraction of sp³-hybridized carbons (Fsp3) is 1.00. The first-order valence-electron chi connectivity index (χ1n) is 5.04. The second kappa shape index (κ2) is 3.92. The highest BCUT2D eigenvalue weighted by molar-refractivity contribution is 4.90. The average molecular weight is 185 g/mol. The van der Waals surface area contributed by atoms with Crippen molar-refractivity contribution in [2.45, 2.75) is 37.6 Å². The van der Waals surface area contributed by atoms with E-state index in [0.717, 1.165) is 32.4 Å². The lowest BCUT2D eigenvalue weighted by atomic mass is 10.2. The molecule has 13 heavy (non-hydrogen) atoms. The number of aliphatic hydroxyl groups is 2. The highest BCUT2D eigenvalue weighted by atomic mass is 16.3. The monoisotopic (exact) mass is 185 g/mol. The molecule has 2 saturated heterocycles. The molecule has 0 aromatic rings. The molecule has 3 atom stereocenters. The van der Waals surface area contributed by atoms with Crippen molar-refractivity contribution in [2.24, 2.45) is 0 Å². The van der Waals surface area contributed by atoms with E-state index < -0.39 is 0 Å². The van der Waals surface area contributed by atoms with Crippen LogP contribution in [0.5, 0.6) is 0 Å². The van der Waals surface area contributed by atoms with Gasteiger partial charge in [-0.15, -0.1) is 0 Å². The van der Waals surface area contributed by atoms with Crippen LogP contribution in [0.15, 0.2) is 0 Å². The van der Waals surface area contributed by atoms with Crippen molar-refractivity contribution in [3.8, 4) is 0 Å². The fourth-order valence-corrected chi connectivity index (χ4v) is 2.34. The van der Waals surface area contributed by atoms with Gasteiger partial charge in [0, 0.05) is 19.1 Å². The number of hydrogen-bond donors (Lipinski definition) is 2. The molecule has 4 nitrogen and oxygen atoms in total. The Balaban J connectivity index is 1.98. The molecule has 0 saturated carbocycles. The number of likely N-dealkylation sites (tertiary alicyclic amines) is 1. The first kappa shape index (κ1) is 9.40. The van der Waals surface area contributed by atoms with Crippen LogP contribution in [-0.4, -0.2) is 53.1 Å². The van der Waals surface area contributed by atoms with Gasteiger partial charge in [0.05, 0.1) is 12.7 Å². The maximum atomic E-state index is 9.65. The molecule has 2 heterocycles. The van der Waals surface area contributed by atoms with Crippen molar-refractivity contribution in [1.29, 1.82) is 0 Å². The first-order valence-corrected chi connectivity index (χ1v) is 5.04. The number of hydrogen-bond acceptors (Lipinski definition) is 3. The van der Waals surface area contributed by atoms with Gasteiger partial charge in [0.25, 0.3) is 0 Å². The van der Waals surface area contributed by atoms with Crippen LogP contribution in [0.25, 0.3) is 0 Å². The Morgan fingerprint density at radius 3 is 2.85 bits per heavy atom. The molecule has 0 amide bonds. The normalized spacial score (nSPS) is 41.5. The molecule has 2 N–H and O–H groups in total. The van der Waals surface area contributed by atoms with Gasteiger partial charge in [0.1, 0.15) is 6.17 Å². The summed E-state index contributed by atoms with van der Waals surface area (Å²) in [5.74, 6) is 0. The van der Waals surface area contributed by atoms with Gasteiger partial charge < -0.3 is 10.2 Å². The zero-order chi connectivity index (χ0) is 9.26. The van der Waals surface area contributed by atoms with E-state index in [4.69, 9.17) is 5.11 Å². The highest BCUT2D eigenvalue weighted by Gasteiger charge is 2.37. The minimum absolute atomic E-state index is 0.0420. The Hall–Kier alpha value is -0.160. The Bertz CT molecular complexity index is 177. The maximum absolute atomic E-state index is 9.65. The Morgan fingerprint density at radius 1 is 1.38 bits per heavy atom. The van der Waals surface area contributed by atoms with E-state index in [2.05, 4.69) is 10.2 Å². The van der Waals surface area contributed by atoms with E-state index in [-0.39, 0.29) is 24.9 Å². The molecular formula is C9H17N2O2. The molecule has 1 radical (unpaired) electrons. The summed E-state index contributed by atoms with van der Waals surface area (Å²) in [6, 6.07) is 0.224. The van der Waals surface area contributed by atoms with Crippen molar-refractivity contribution in [3.63, 3.8) is 0 Å². The second-order valence-corrected chi connectivity index (χ2v) is 3.89. The minimum atomic E-state index is -0.313. The summed E-state index contributed by atoms with van der Waals surface area (Å²) in [4.78, 5) is 2.15. The van der Waals surface area contributed by atoms with Gasteiger partial charge in [-0.3, -0.25) is 4.90 Å². The summed E-state index contributed by atoms with van der Waals surface area (Å²) in [7, 11) is 0. The maximum Gasteiger partial charge on any atom is 0.103 e. The molecule has 4 heteroatoms. The second-order valence-electron chi connectivity index (χ2n) is 3.89. The number of rotatable bonds is 2. The largest absolute Gasteiger partial charge is 0.395 e. The number of nitrogens with zero attached hydrogens (tertiary/aromatic N) is 2. The molecule has 0 aliphatic carbocycles. The van der Waals surface area contributed by atoms with Gasteiger partial charge in [0.2, 0.25) is 0 Å². The summed E-state index contributed by atoms with van der Waals surface area (Å²) in [5.41, 5.74) is 0. The molecular weight excluding hydrogens is 168 g/mol. The molecule has 0 aromatic heterocycles. The molecule has 2 aliphatic heterocycles. The first-order chi connectivity index (χ1) is 6.33. The Kier molecular flexibility index (Phi) is 2.83. The molecule has 0 aromatic carbocycles. The SMILES string of the molecule is OCC1CCCN1C1[N]CCC1O. The predicted octanol–water partition coefficient (Wildman–Crippen LogP) is -0.862. The van der Waals surface area contributed by atoms with Crippen LogP contribution in [0.1, 0.15) is 19.3 Å². The van der Waals surface area contributed by atoms with E-state index in [0.29, 0.717) is 0 Å². The molecule has 2 rings (SSSR count). The van der Waals surface area contributed by atoms with Crippen molar-refractivity contribution in [2.75, 3.05) is 19.7 Å². The summed E-state index contributed by atoms with van der Waals surface area (Å²) < 4.78 is 0. The average Bonchev–Trinajstić information content (AvgIpc) is 2.71. The fourth-order valence-electron chi connectivity index (χ4n) is 2.34. The van der Waals surface area contributed by atoms with Gasteiger partial charge in [-0.1, -0.05) is 0 Å². The topological polar surface area (TPSA) is 57.8 Å². The van der Waals surface area contributed by atoms with E-state index in [1.807, 2.05) is 0 Å². The van der Waals surface area contributed by atoms with Gasteiger partial charge in [-0.25, -0.2) is 5.32 Å². The lowest BCUT2D eigenvalue weighted by Gasteiger charge is -2.30. The van der Waals surface area contributed by atoms with Crippen LogP contribution >= 0.6 is 0 Å². The zero-order valence-electron chi connectivity index (χ0n) is 7.76.